The number of anilines is 1. The summed E-state index contributed by atoms with van der Waals surface area (Å²) in [6.07, 6.45) is 4.17. The number of thioether (sulfide) groups is 1. The van der Waals surface area contributed by atoms with E-state index in [0.717, 1.165) is 36.6 Å². The average Bonchev–Trinajstić information content (AvgIpc) is 2.68. The molecule has 1 spiro atoms. The molecule has 5 N–H and O–H groups in total. The zero-order chi connectivity index (χ0) is 21.0. The zero-order valence-electron chi connectivity index (χ0n) is 16.4. The van der Waals surface area contributed by atoms with Crippen molar-refractivity contribution < 1.29 is 9.59 Å². The number of carbonyl (C=O) groups is 2. The Bertz CT molecular complexity index is 908. The number of primary amides is 1. The van der Waals surface area contributed by atoms with Crippen molar-refractivity contribution >= 4 is 34.3 Å². The number of amides is 2. The first-order valence-electron chi connectivity index (χ1n) is 9.65. The van der Waals surface area contributed by atoms with E-state index in [0.29, 0.717) is 29.1 Å². The van der Waals surface area contributed by atoms with E-state index >= 15 is 0 Å². The van der Waals surface area contributed by atoms with E-state index in [9.17, 15) is 14.9 Å². The number of carbonyl (C=O) groups excluding carboxylic acids is 2. The third kappa shape index (κ3) is 4.30. The van der Waals surface area contributed by atoms with Gasteiger partial charge in [0, 0.05) is 11.1 Å². The summed E-state index contributed by atoms with van der Waals surface area (Å²) >= 11 is 1.16. The third-order valence-electron chi connectivity index (χ3n) is 5.61. The van der Waals surface area contributed by atoms with Crippen molar-refractivity contribution in [1.82, 2.24) is 0 Å². The number of nitrogens with zero attached hydrogens (tertiary/aromatic N) is 2. The number of aliphatic imine (C=N–C) groups is 1. The lowest BCUT2D eigenvalue weighted by molar-refractivity contribution is -0.123. The number of benzene rings is 1. The molecule has 29 heavy (non-hydrogen) atoms. The Kier molecular flexibility index (Phi) is 6.28. The van der Waals surface area contributed by atoms with Gasteiger partial charge in [0.05, 0.1) is 28.4 Å². The predicted molar refractivity (Wildman–Crippen MR) is 115 cm³/mol. The van der Waals surface area contributed by atoms with Crippen LogP contribution in [0.5, 0.6) is 0 Å². The summed E-state index contributed by atoms with van der Waals surface area (Å²) in [4.78, 5) is 29.1. The molecule has 1 atom stereocenters. The lowest BCUT2D eigenvalue weighted by Gasteiger charge is -2.44. The molecule has 1 aliphatic carbocycles. The average molecular weight is 412 g/mol. The Balaban J connectivity index is 1.80. The van der Waals surface area contributed by atoms with Crippen LogP contribution in [-0.4, -0.2) is 22.6 Å². The second-order valence-corrected chi connectivity index (χ2v) is 8.57. The number of hydrogen-bond acceptors (Lipinski definition) is 6. The summed E-state index contributed by atoms with van der Waals surface area (Å²) in [5.74, 6) is -1.27. The molecule has 1 aromatic carbocycles. The number of nitrogens with two attached hydrogens (primary N) is 2. The molecule has 2 aliphatic rings. The first-order chi connectivity index (χ1) is 13.9. The molecule has 1 aromatic rings. The second-order valence-electron chi connectivity index (χ2n) is 7.58. The summed E-state index contributed by atoms with van der Waals surface area (Å²) in [5.41, 5.74) is 13.3. The maximum atomic E-state index is 12.4. The third-order valence-corrected chi connectivity index (χ3v) is 6.64. The van der Waals surface area contributed by atoms with Gasteiger partial charge in [-0.05, 0) is 31.9 Å². The summed E-state index contributed by atoms with van der Waals surface area (Å²) in [7, 11) is 0. The highest BCUT2D eigenvalue weighted by molar-refractivity contribution is 8.14. The number of nitrogens with one attached hydrogen (secondary N) is 1. The maximum absolute atomic E-state index is 12.4. The molecule has 2 amide bonds. The minimum Gasteiger partial charge on any atom is -0.383 e. The molecule has 1 heterocycles. The van der Waals surface area contributed by atoms with Crippen LogP contribution in [0.3, 0.4) is 0 Å². The number of nitriles is 1. The fourth-order valence-electron chi connectivity index (χ4n) is 4.25. The van der Waals surface area contributed by atoms with Crippen molar-refractivity contribution in [2.45, 2.75) is 39.0 Å². The highest BCUT2D eigenvalue weighted by Gasteiger charge is 2.51. The van der Waals surface area contributed by atoms with Crippen LogP contribution in [0.1, 0.15) is 37.7 Å². The van der Waals surface area contributed by atoms with Gasteiger partial charge in [-0.3, -0.25) is 9.59 Å². The van der Waals surface area contributed by atoms with Gasteiger partial charge in [0.15, 0.2) is 0 Å². The Morgan fingerprint density at radius 2 is 1.93 bits per heavy atom. The second kappa shape index (κ2) is 8.70. The van der Waals surface area contributed by atoms with E-state index in [1.165, 1.54) is 0 Å². The first kappa shape index (κ1) is 20.9. The minimum atomic E-state index is -0.734. The molecule has 1 aliphatic heterocycles. The van der Waals surface area contributed by atoms with Gasteiger partial charge in [-0.1, -0.05) is 48.7 Å². The van der Waals surface area contributed by atoms with Crippen molar-refractivity contribution in [3.05, 3.63) is 41.2 Å². The molecule has 0 bridgehead atoms. The van der Waals surface area contributed by atoms with Crippen LogP contribution < -0.4 is 16.8 Å². The SMILES string of the molecule is Cc1ccc(NC(=O)CSC2=NC(N)=C(C#N)C3(CCCCC3)[C@H]2C(N)=O)cc1. The maximum Gasteiger partial charge on any atom is 0.234 e. The van der Waals surface area contributed by atoms with Crippen LogP contribution in [0, 0.1) is 29.6 Å². The summed E-state index contributed by atoms with van der Waals surface area (Å²) in [6, 6.07) is 9.67. The van der Waals surface area contributed by atoms with E-state index in [1.54, 1.807) is 0 Å². The standard InChI is InChI=1S/C21H25N5O2S/c1-13-5-7-14(8-6-13)25-16(27)12-29-20-17(19(24)28)21(9-3-2-4-10-21)15(11-22)18(23)26-20/h5-8,17H,2-4,9-10,12,23H2,1H3,(H2,24,28)(H,25,27)/t17-/m0/s1. The summed E-state index contributed by atoms with van der Waals surface area (Å²) in [6.45, 7) is 1.97. The summed E-state index contributed by atoms with van der Waals surface area (Å²) < 4.78 is 0. The van der Waals surface area contributed by atoms with Crippen molar-refractivity contribution in [3.8, 4) is 6.07 Å². The fraction of sp³-hybridized carbons (Fsp3) is 0.429. The largest absolute Gasteiger partial charge is 0.383 e. The van der Waals surface area contributed by atoms with E-state index in [1.807, 2.05) is 31.2 Å². The molecule has 0 radical (unpaired) electrons. The predicted octanol–water partition coefficient (Wildman–Crippen LogP) is 2.82. The molecule has 0 aromatic heterocycles. The highest BCUT2D eigenvalue weighted by Crippen LogP contribution is 2.52. The van der Waals surface area contributed by atoms with Gasteiger partial charge in [0.1, 0.15) is 5.82 Å². The van der Waals surface area contributed by atoms with Gasteiger partial charge in [0.25, 0.3) is 0 Å². The molecule has 1 saturated carbocycles. The van der Waals surface area contributed by atoms with Crippen molar-refractivity contribution in [3.63, 3.8) is 0 Å². The normalized spacial score (nSPS) is 20.7. The first-order valence-corrected chi connectivity index (χ1v) is 10.6. The van der Waals surface area contributed by atoms with Gasteiger partial charge < -0.3 is 16.8 Å². The highest BCUT2D eigenvalue weighted by atomic mass is 32.2. The van der Waals surface area contributed by atoms with Crippen LogP contribution in [0.25, 0.3) is 0 Å². The van der Waals surface area contributed by atoms with Gasteiger partial charge in [-0.2, -0.15) is 5.26 Å². The monoisotopic (exact) mass is 411 g/mol. The Labute approximate surface area is 174 Å². The lowest BCUT2D eigenvalue weighted by Crippen LogP contribution is -2.48. The fourth-order valence-corrected chi connectivity index (χ4v) is 5.27. The topological polar surface area (TPSA) is 134 Å². The van der Waals surface area contributed by atoms with E-state index in [-0.39, 0.29) is 17.5 Å². The molecule has 3 rings (SSSR count). The van der Waals surface area contributed by atoms with Crippen LogP contribution in [-0.2, 0) is 9.59 Å². The zero-order valence-corrected chi connectivity index (χ0v) is 17.2. The van der Waals surface area contributed by atoms with E-state index in [2.05, 4.69) is 16.4 Å². The van der Waals surface area contributed by atoms with Crippen LogP contribution >= 0.6 is 11.8 Å². The van der Waals surface area contributed by atoms with Crippen molar-refractivity contribution in [1.29, 1.82) is 5.26 Å². The lowest BCUT2D eigenvalue weighted by atomic mass is 9.61. The van der Waals surface area contributed by atoms with Gasteiger partial charge in [-0.15, -0.1) is 0 Å². The molecule has 1 fully saturated rings. The van der Waals surface area contributed by atoms with Crippen molar-refractivity contribution in [2.24, 2.45) is 27.8 Å². The molecular weight excluding hydrogens is 386 g/mol. The number of rotatable bonds is 4. The van der Waals surface area contributed by atoms with Crippen molar-refractivity contribution in [2.75, 3.05) is 11.1 Å². The van der Waals surface area contributed by atoms with Crippen LogP contribution in [0.2, 0.25) is 0 Å². The van der Waals surface area contributed by atoms with E-state index in [4.69, 9.17) is 11.5 Å². The summed E-state index contributed by atoms with van der Waals surface area (Å²) in [5, 5.41) is 12.9. The Morgan fingerprint density at radius 1 is 1.28 bits per heavy atom. The molecule has 8 heteroatoms. The smallest absolute Gasteiger partial charge is 0.234 e. The van der Waals surface area contributed by atoms with E-state index < -0.39 is 17.2 Å². The van der Waals surface area contributed by atoms with Gasteiger partial charge in [0.2, 0.25) is 11.8 Å². The number of allylic oxidation sites excluding steroid dienone is 1. The molecule has 7 nitrogen and oxygen atoms in total. The molecular formula is C21H25N5O2S. The molecule has 0 saturated heterocycles. The number of hydrogen-bond donors (Lipinski definition) is 3. The number of aryl methyl sites for hydroxylation is 1. The molecule has 152 valence electrons. The van der Waals surface area contributed by atoms with Gasteiger partial charge in [-0.25, -0.2) is 4.99 Å². The molecule has 0 unspecified atom stereocenters. The minimum absolute atomic E-state index is 0.0712. The Hall–Kier alpha value is -2.79. The van der Waals surface area contributed by atoms with Gasteiger partial charge >= 0.3 is 0 Å². The Morgan fingerprint density at radius 3 is 2.52 bits per heavy atom. The quantitative estimate of drug-likeness (QED) is 0.700. The van der Waals surface area contributed by atoms with Crippen LogP contribution in [0.15, 0.2) is 40.7 Å². The van der Waals surface area contributed by atoms with Crippen LogP contribution in [0.4, 0.5) is 5.69 Å².